The molecule has 1 aliphatic rings. The molecule has 1 aromatic rings. The molecular formula is C14H21NS. The molecule has 0 aromatic heterocycles. The van der Waals surface area contributed by atoms with Crippen LogP contribution < -0.4 is 0 Å². The second-order valence-electron chi connectivity index (χ2n) is 4.70. The van der Waals surface area contributed by atoms with Gasteiger partial charge >= 0.3 is 0 Å². The molecule has 1 aliphatic heterocycles. The number of likely N-dealkylation sites (tertiary alicyclic amines) is 1. The number of hydrogen-bond donors (Lipinski definition) is 0. The summed E-state index contributed by atoms with van der Waals surface area (Å²) in [6.45, 7) is 2.58. The first-order valence-electron chi connectivity index (χ1n) is 6.21. The van der Waals surface area contributed by atoms with E-state index in [2.05, 4.69) is 42.3 Å². The molecule has 1 fully saturated rings. The normalized spacial score (nSPS) is 18.8. The molecule has 1 heterocycles. The van der Waals surface area contributed by atoms with Gasteiger partial charge in [0.1, 0.15) is 0 Å². The summed E-state index contributed by atoms with van der Waals surface area (Å²) >= 11 is 2.00. The maximum Gasteiger partial charge on any atom is 0.00719 e. The summed E-state index contributed by atoms with van der Waals surface area (Å²) in [7, 11) is 2.23. The fourth-order valence-corrected chi connectivity index (χ4v) is 3.25. The van der Waals surface area contributed by atoms with E-state index in [1.165, 1.54) is 43.0 Å². The predicted octanol–water partition coefficient (Wildman–Crippen LogP) is 3.51. The number of hydrogen-bond acceptors (Lipinski definition) is 2. The second kappa shape index (κ2) is 6.31. The van der Waals surface area contributed by atoms with Gasteiger partial charge in [0.2, 0.25) is 0 Å². The Kier molecular flexibility index (Phi) is 4.73. The van der Waals surface area contributed by atoms with Crippen molar-refractivity contribution in [3.63, 3.8) is 0 Å². The molecule has 2 rings (SSSR count). The van der Waals surface area contributed by atoms with Crippen LogP contribution in [0.25, 0.3) is 0 Å². The third kappa shape index (κ3) is 3.84. The summed E-state index contributed by atoms with van der Waals surface area (Å²) < 4.78 is 0. The minimum atomic E-state index is 0.965. The van der Waals surface area contributed by atoms with Gasteiger partial charge in [-0.2, -0.15) is 0 Å². The maximum atomic E-state index is 2.45. The SMILES string of the molecule is CN1CCC(CCSc2ccccc2)CC1. The molecule has 0 radical (unpaired) electrons. The van der Waals surface area contributed by atoms with E-state index < -0.39 is 0 Å². The van der Waals surface area contributed by atoms with Crippen LogP contribution >= 0.6 is 11.8 Å². The van der Waals surface area contributed by atoms with Crippen molar-refractivity contribution in [2.75, 3.05) is 25.9 Å². The number of thioether (sulfide) groups is 1. The van der Waals surface area contributed by atoms with E-state index in [1.54, 1.807) is 0 Å². The van der Waals surface area contributed by atoms with E-state index in [4.69, 9.17) is 0 Å². The molecule has 1 aromatic carbocycles. The summed E-state index contributed by atoms with van der Waals surface area (Å²) in [6, 6.07) is 10.7. The van der Waals surface area contributed by atoms with Crippen LogP contribution in [0.1, 0.15) is 19.3 Å². The van der Waals surface area contributed by atoms with Gasteiger partial charge in [-0.25, -0.2) is 0 Å². The highest BCUT2D eigenvalue weighted by Crippen LogP contribution is 2.24. The van der Waals surface area contributed by atoms with E-state index in [9.17, 15) is 0 Å². The van der Waals surface area contributed by atoms with Gasteiger partial charge in [-0.15, -0.1) is 11.8 Å². The second-order valence-corrected chi connectivity index (χ2v) is 5.87. The lowest BCUT2D eigenvalue weighted by molar-refractivity contribution is 0.217. The Balaban J connectivity index is 1.65. The fourth-order valence-electron chi connectivity index (χ4n) is 2.21. The number of benzene rings is 1. The third-order valence-electron chi connectivity index (χ3n) is 3.38. The molecule has 0 bridgehead atoms. The Morgan fingerprint density at radius 1 is 1.19 bits per heavy atom. The highest BCUT2D eigenvalue weighted by atomic mass is 32.2. The summed E-state index contributed by atoms with van der Waals surface area (Å²) in [5.74, 6) is 2.24. The van der Waals surface area contributed by atoms with Gasteiger partial charge in [-0.3, -0.25) is 0 Å². The fraction of sp³-hybridized carbons (Fsp3) is 0.571. The first-order valence-corrected chi connectivity index (χ1v) is 7.19. The molecule has 1 nitrogen and oxygen atoms in total. The summed E-state index contributed by atoms with van der Waals surface area (Å²) in [6.07, 6.45) is 4.17. The van der Waals surface area contributed by atoms with Crippen molar-refractivity contribution in [1.82, 2.24) is 4.90 Å². The predicted molar refractivity (Wildman–Crippen MR) is 72.0 cm³/mol. The quantitative estimate of drug-likeness (QED) is 0.735. The van der Waals surface area contributed by atoms with Crippen LogP contribution in [0.15, 0.2) is 35.2 Å². The Morgan fingerprint density at radius 3 is 2.56 bits per heavy atom. The van der Waals surface area contributed by atoms with Crippen molar-refractivity contribution < 1.29 is 0 Å². The number of piperidine rings is 1. The average Bonchev–Trinajstić information content (AvgIpc) is 2.33. The lowest BCUT2D eigenvalue weighted by Crippen LogP contribution is -2.30. The zero-order valence-electron chi connectivity index (χ0n) is 10.1. The minimum Gasteiger partial charge on any atom is -0.306 e. The summed E-state index contributed by atoms with van der Waals surface area (Å²) in [5.41, 5.74) is 0. The number of rotatable bonds is 4. The van der Waals surface area contributed by atoms with Crippen molar-refractivity contribution in [3.05, 3.63) is 30.3 Å². The molecule has 0 atom stereocenters. The molecular weight excluding hydrogens is 214 g/mol. The maximum absolute atomic E-state index is 2.45. The van der Waals surface area contributed by atoms with Crippen molar-refractivity contribution in [2.45, 2.75) is 24.2 Å². The van der Waals surface area contributed by atoms with Crippen LogP contribution in [-0.2, 0) is 0 Å². The highest BCUT2D eigenvalue weighted by Gasteiger charge is 2.15. The highest BCUT2D eigenvalue weighted by molar-refractivity contribution is 7.99. The summed E-state index contributed by atoms with van der Waals surface area (Å²) in [4.78, 5) is 3.86. The molecule has 0 spiro atoms. The third-order valence-corrected chi connectivity index (χ3v) is 4.42. The van der Waals surface area contributed by atoms with Crippen LogP contribution in [0.5, 0.6) is 0 Å². The first-order chi connectivity index (χ1) is 7.84. The van der Waals surface area contributed by atoms with Gasteiger partial charge in [0.15, 0.2) is 0 Å². The topological polar surface area (TPSA) is 3.24 Å². The van der Waals surface area contributed by atoms with Crippen LogP contribution in [0.4, 0.5) is 0 Å². The van der Waals surface area contributed by atoms with E-state index in [0.717, 1.165) is 5.92 Å². The van der Waals surface area contributed by atoms with Gasteiger partial charge < -0.3 is 4.90 Å². The van der Waals surface area contributed by atoms with Gasteiger partial charge in [0.25, 0.3) is 0 Å². The average molecular weight is 235 g/mol. The van der Waals surface area contributed by atoms with Crippen molar-refractivity contribution >= 4 is 11.8 Å². The van der Waals surface area contributed by atoms with Crippen LogP contribution in [0.2, 0.25) is 0 Å². The molecule has 0 aliphatic carbocycles. The first kappa shape index (κ1) is 12.0. The van der Waals surface area contributed by atoms with E-state index in [-0.39, 0.29) is 0 Å². The zero-order chi connectivity index (χ0) is 11.2. The lowest BCUT2D eigenvalue weighted by atomic mass is 9.95. The molecule has 1 saturated heterocycles. The lowest BCUT2D eigenvalue weighted by Gasteiger charge is -2.28. The van der Waals surface area contributed by atoms with Crippen LogP contribution in [0, 0.1) is 5.92 Å². The Morgan fingerprint density at radius 2 is 1.88 bits per heavy atom. The van der Waals surface area contributed by atoms with Gasteiger partial charge in [0.05, 0.1) is 0 Å². The Hall–Kier alpha value is -0.470. The van der Waals surface area contributed by atoms with E-state index >= 15 is 0 Å². The molecule has 16 heavy (non-hydrogen) atoms. The standard InChI is InChI=1S/C14H21NS/c1-15-10-7-13(8-11-15)9-12-16-14-5-3-2-4-6-14/h2-6,13H,7-12H2,1H3. The largest absolute Gasteiger partial charge is 0.306 e. The van der Waals surface area contributed by atoms with E-state index in [0.29, 0.717) is 0 Å². The van der Waals surface area contributed by atoms with Gasteiger partial charge in [-0.1, -0.05) is 18.2 Å². The molecule has 0 unspecified atom stereocenters. The monoisotopic (exact) mass is 235 g/mol. The van der Waals surface area contributed by atoms with Crippen molar-refractivity contribution in [2.24, 2.45) is 5.92 Å². The zero-order valence-corrected chi connectivity index (χ0v) is 10.9. The Bertz CT molecular complexity index is 291. The van der Waals surface area contributed by atoms with Crippen molar-refractivity contribution in [1.29, 1.82) is 0 Å². The van der Waals surface area contributed by atoms with Crippen molar-refractivity contribution in [3.8, 4) is 0 Å². The van der Waals surface area contributed by atoms with Gasteiger partial charge in [-0.05, 0) is 63.2 Å². The molecule has 88 valence electrons. The van der Waals surface area contributed by atoms with Crippen LogP contribution in [-0.4, -0.2) is 30.8 Å². The molecule has 0 amide bonds. The Labute approximate surface area is 103 Å². The van der Waals surface area contributed by atoms with E-state index in [1.807, 2.05) is 11.8 Å². The summed E-state index contributed by atoms with van der Waals surface area (Å²) in [5, 5.41) is 0. The minimum absolute atomic E-state index is 0.965. The molecule has 0 saturated carbocycles. The van der Waals surface area contributed by atoms with Gasteiger partial charge in [0, 0.05) is 4.90 Å². The number of nitrogens with zero attached hydrogens (tertiary/aromatic N) is 1. The molecule has 2 heteroatoms. The molecule has 0 N–H and O–H groups in total. The van der Waals surface area contributed by atoms with Crippen LogP contribution in [0.3, 0.4) is 0 Å². The smallest absolute Gasteiger partial charge is 0.00719 e.